The molecule has 3 heterocycles. The Labute approximate surface area is 127 Å². The van der Waals surface area contributed by atoms with Crippen molar-refractivity contribution in [1.82, 2.24) is 9.88 Å². The van der Waals surface area contributed by atoms with E-state index in [-0.39, 0.29) is 5.91 Å². The minimum Gasteiger partial charge on any atom is -0.337 e. The highest BCUT2D eigenvalue weighted by atomic mass is 32.2. The summed E-state index contributed by atoms with van der Waals surface area (Å²) < 4.78 is 0. The third-order valence-corrected chi connectivity index (χ3v) is 5.06. The molecule has 1 saturated heterocycles. The van der Waals surface area contributed by atoms with Crippen LogP contribution in [0, 0.1) is 6.92 Å². The lowest BCUT2D eigenvalue weighted by Gasteiger charge is -2.26. The fraction of sp³-hybridized carbons (Fsp3) is 0.333. The Kier molecular flexibility index (Phi) is 4.08. The highest BCUT2D eigenvalue weighted by molar-refractivity contribution is 7.99. The largest absolute Gasteiger partial charge is 0.337 e. The van der Waals surface area contributed by atoms with Crippen molar-refractivity contribution >= 4 is 29.0 Å². The Balaban J connectivity index is 1.85. The van der Waals surface area contributed by atoms with Gasteiger partial charge in [-0.3, -0.25) is 9.78 Å². The average Bonchev–Trinajstić information content (AvgIpc) is 3.01. The van der Waals surface area contributed by atoms with Gasteiger partial charge in [-0.25, -0.2) is 0 Å². The van der Waals surface area contributed by atoms with Gasteiger partial charge in [0.15, 0.2) is 0 Å². The number of rotatable bonds is 2. The summed E-state index contributed by atoms with van der Waals surface area (Å²) in [6, 6.07) is 5.91. The second-order valence-corrected chi connectivity index (χ2v) is 6.75. The molecule has 3 nitrogen and oxygen atoms in total. The third-order valence-electron chi connectivity index (χ3n) is 3.43. The smallest absolute Gasteiger partial charge is 0.255 e. The first kappa shape index (κ1) is 13.6. The number of nitrogens with zero attached hydrogens (tertiary/aromatic N) is 2. The second-order valence-electron chi connectivity index (χ2n) is 4.75. The van der Waals surface area contributed by atoms with E-state index in [2.05, 4.69) is 16.4 Å². The zero-order chi connectivity index (χ0) is 13.9. The first-order valence-electron chi connectivity index (χ1n) is 6.63. The van der Waals surface area contributed by atoms with Gasteiger partial charge >= 0.3 is 0 Å². The van der Waals surface area contributed by atoms with Gasteiger partial charge in [0.2, 0.25) is 0 Å². The number of carbonyl (C=O) groups excluding carboxylic acids is 1. The summed E-state index contributed by atoms with van der Waals surface area (Å²) in [5.41, 5.74) is 3.61. The third kappa shape index (κ3) is 2.74. The monoisotopic (exact) mass is 304 g/mol. The Morgan fingerprint density at radius 2 is 2.05 bits per heavy atom. The number of aryl methyl sites for hydroxylation is 1. The number of pyridine rings is 1. The molecule has 0 N–H and O–H groups in total. The van der Waals surface area contributed by atoms with Gasteiger partial charge in [0.25, 0.3) is 5.91 Å². The summed E-state index contributed by atoms with van der Waals surface area (Å²) in [5, 5.41) is 4.11. The summed E-state index contributed by atoms with van der Waals surface area (Å²) >= 11 is 3.56. The lowest BCUT2D eigenvalue weighted by atomic mass is 10.1. The fourth-order valence-corrected chi connectivity index (χ4v) is 3.85. The van der Waals surface area contributed by atoms with Gasteiger partial charge < -0.3 is 4.90 Å². The molecule has 0 atom stereocenters. The molecule has 2 aromatic rings. The minimum atomic E-state index is 0.118. The number of thiophene rings is 1. The van der Waals surface area contributed by atoms with E-state index < -0.39 is 0 Å². The van der Waals surface area contributed by atoms with E-state index >= 15 is 0 Å². The number of aromatic nitrogens is 1. The Hall–Kier alpha value is -1.33. The summed E-state index contributed by atoms with van der Waals surface area (Å²) in [5.74, 6) is 2.18. The number of hydrogen-bond donors (Lipinski definition) is 0. The van der Waals surface area contributed by atoms with Gasteiger partial charge in [0.1, 0.15) is 0 Å². The molecule has 3 rings (SSSR count). The van der Waals surface area contributed by atoms with Crippen molar-refractivity contribution in [3.05, 3.63) is 40.2 Å². The van der Waals surface area contributed by atoms with E-state index in [1.165, 1.54) is 0 Å². The Bertz CT molecular complexity index is 604. The van der Waals surface area contributed by atoms with E-state index in [1.807, 2.05) is 41.1 Å². The van der Waals surface area contributed by atoms with E-state index in [9.17, 15) is 4.79 Å². The summed E-state index contributed by atoms with van der Waals surface area (Å²) in [7, 11) is 0. The Morgan fingerprint density at radius 3 is 2.70 bits per heavy atom. The molecule has 0 spiro atoms. The maximum Gasteiger partial charge on any atom is 0.255 e. The zero-order valence-corrected chi connectivity index (χ0v) is 13.0. The van der Waals surface area contributed by atoms with Crippen molar-refractivity contribution in [2.24, 2.45) is 0 Å². The van der Waals surface area contributed by atoms with Crippen molar-refractivity contribution in [3.8, 4) is 11.3 Å². The normalized spacial score (nSPS) is 15.3. The number of carbonyl (C=O) groups is 1. The van der Waals surface area contributed by atoms with E-state index in [4.69, 9.17) is 0 Å². The van der Waals surface area contributed by atoms with Crippen molar-refractivity contribution in [3.63, 3.8) is 0 Å². The molecule has 1 aliphatic rings. The quantitative estimate of drug-likeness (QED) is 0.853. The van der Waals surface area contributed by atoms with Gasteiger partial charge in [-0.15, -0.1) is 0 Å². The number of hydrogen-bond acceptors (Lipinski definition) is 4. The van der Waals surface area contributed by atoms with Crippen LogP contribution in [0.15, 0.2) is 29.0 Å². The van der Waals surface area contributed by atoms with Crippen LogP contribution in [0.25, 0.3) is 11.3 Å². The van der Waals surface area contributed by atoms with E-state index in [1.54, 1.807) is 11.3 Å². The van der Waals surface area contributed by atoms with E-state index in [0.717, 1.165) is 47.1 Å². The molecule has 0 unspecified atom stereocenters. The minimum absolute atomic E-state index is 0.118. The molecule has 0 saturated carbocycles. The molecule has 0 aliphatic carbocycles. The maximum atomic E-state index is 12.5. The highest BCUT2D eigenvalue weighted by Crippen LogP contribution is 2.22. The number of amides is 1. The van der Waals surface area contributed by atoms with Crippen molar-refractivity contribution in [2.45, 2.75) is 6.92 Å². The van der Waals surface area contributed by atoms with Crippen LogP contribution in [-0.4, -0.2) is 40.4 Å². The predicted molar refractivity (Wildman–Crippen MR) is 85.5 cm³/mol. The predicted octanol–water partition coefficient (Wildman–Crippen LogP) is 3.31. The summed E-state index contributed by atoms with van der Waals surface area (Å²) in [6.07, 6.45) is 0. The SMILES string of the molecule is Cc1nc(-c2ccsc2)ccc1C(=O)N1CCSCC1. The van der Waals surface area contributed by atoms with Gasteiger partial charge in [0, 0.05) is 35.5 Å². The summed E-state index contributed by atoms with van der Waals surface area (Å²) in [4.78, 5) is 19.0. The zero-order valence-electron chi connectivity index (χ0n) is 11.3. The van der Waals surface area contributed by atoms with Gasteiger partial charge in [0.05, 0.1) is 17.0 Å². The average molecular weight is 304 g/mol. The Morgan fingerprint density at radius 1 is 1.25 bits per heavy atom. The molecule has 0 aromatic carbocycles. The molecule has 2 aromatic heterocycles. The number of thioether (sulfide) groups is 1. The molecule has 1 fully saturated rings. The molecule has 104 valence electrons. The van der Waals surface area contributed by atoms with E-state index in [0.29, 0.717) is 0 Å². The van der Waals surface area contributed by atoms with Crippen LogP contribution >= 0.6 is 23.1 Å². The van der Waals surface area contributed by atoms with Gasteiger partial charge in [-0.2, -0.15) is 23.1 Å². The van der Waals surface area contributed by atoms with Gasteiger partial charge in [-0.05, 0) is 30.5 Å². The lowest BCUT2D eigenvalue weighted by Crippen LogP contribution is -2.38. The van der Waals surface area contributed by atoms with Crippen LogP contribution in [0.2, 0.25) is 0 Å². The van der Waals surface area contributed by atoms with Crippen LogP contribution in [0.4, 0.5) is 0 Å². The maximum absolute atomic E-state index is 12.5. The van der Waals surface area contributed by atoms with Crippen LogP contribution < -0.4 is 0 Å². The standard InChI is InChI=1S/C15H16N2OS2/c1-11-13(15(18)17-5-8-19-9-6-17)2-3-14(16-11)12-4-7-20-10-12/h2-4,7,10H,5-6,8-9H2,1H3. The first-order chi connectivity index (χ1) is 9.75. The summed E-state index contributed by atoms with van der Waals surface area (Å²) in [6.45, 7) is 3.60. The van der Waals surface area contributed by atoms with Crippen LogP contribution in [-0.2, 0) is 0 Å². The molecule has 1 aliphatic heterocycles. The molecule has 20 heavy (non-hydrogen) atoms. The van der Waals surface area contributed by atoms with Crippen molar-refractivity contribution in [1.29, 1.82) is 0 Å². The lowest BCUT2D eigenvalue weighted by molar-refractivity contribution is 0.0771. The van der Waals surface area contributed by atoms with Crippen LogP contribution in [0.1, 0.15) is 16.1 Å². The highest BCUT2D eigenvalue weighted by Gasteiger charge is 2.20. The molecular formula is C15H16N2OS2. The second kappa shape index (κ2) is 5.97. The topological polar surface area (TPSA) is 33.2 Å². The van der Waals surface area contributed by atoms with Crippen LogP contribution in [0.3, 0.4) is 0 Å². The molecular weight excluding hydrogens is 288 g/mol. The van der Waals surface area contributed by atoms with Crippen molar-refractivity contribution in [2.75, 3.05) is 24.6 Å². The molecule has 0 bridgehead atoms. The molecule has 5 heteroatoms. The fourth-order valence-electron chi connectivity index (χ4n) is 2.29. The molecule has 1 amide bonds. The first-order valence-corrected chi connectivity index (χ1v) is 8.73. The molecule has 0 radical (unpaired) electrons. The van der Waals surface area contributed by atoms with Gasteiger partial charge in [-0.1, -0.05) is 0 Å². The van der Waals surface area contributed by atoms with Crippen molar-refractivity contribution < 1.29 is 4.79 Å². The van der Waals surface area contributed by atoms with Crippen LogP contribution in [0.5, 0.6) is 0 Å².